The molecule has 0 aliphatic heterocycles. The molecule has 2 aliphatic carbocycles. The van der Waals surface area contributed by atoms with Crippen LogP contribution in [0.3, 0.4) is 0 Å². The number of fused-ring (bicyclic) bond motifs is 3. The first-order chi connectivity index (χ1) is 26.5. The Hall–Kier alpha value is -4.42. The summed E-state index contributed by atoms with van der Waals surface area (Å²) in [5.41, 5.74) is 12.0. The fourth-order valence-corrected chi connectivity index (χ4v) is 8.95. The molecule has 0 saturated carbocycles. The van der Waals surface area contributed by atoms with E-state index in [1.165, 1.54) is 65.6 Å². The molecule has 2 nitrogen and oxygen atoms in total. The number of para-hydroxylation sites is 2. The van der Waals surface area contributed by atoms with Crippen LogP contribution in [0.25, 0.3) is 21.7 Å². The first kappa shape index (κ1) is 40.8. The van der Waals surface area contributed by atoms with E-state index >= 15 is 0 Å². The normalized spacial score (nSPS) is 15.3. The number of allylic oxidation sites excluding steroid dienone is 5. The van der Waals surface area contributed by atoms with Crippen LogP contribution in [-0.4, -0.2) is 17.0 Å². The van der Waals surface area contributed by atoms with E-state index in [4.69, 9.17) is 0 Å². The molecule has 54 heavy (non-hydrogen) atoms. The van der Waals surface area contributed by atoms with Gasteiger partial charge in [-0.05, 0) is 135 Å². The highest BCUT2D eigenvalue weighted by atomic mass is 33.1. The van der Waals surface area contributed by atoms with Crippen molar-refractivity contribution in [3.8, 4) is 0 Å². The van der Waals surface area contributed by atoms with Gasteiger partial charge in [-0.3, -0.25) is 0 Å². The predicted molar refractivity (Wildman–Crippen MR) is 248 cm³/mol. The number of benzene rings is 4. The van der Waals surface area contributed by atoms with Gasteiger partial charge >= 0.3 is 0 Å². The molecule has 4 aromatic carbocycles. The van der Waals surface area contributed by atoms with Gasteiger partial charge in [0.2, 0.25) is 0 Å². The lowest BCUT2D eigenvalue weighted by molar-refractivity contribution is 0.239. The van der Waals surface area contributed by atoms with Gasteiger partial charge in [-0.2, -0.15) is 0 Å². The highest BCUT2D eigenvalue weighted by Gasteiger charge is 2.30. The van der Waals surface area contributed by atoms with Crippen LogP contribution < -0.4 is 4.90 Å². The second-order valence-corrected chi connectivity index (χ2v) is 14.6. The van der Waals surface area contributed by atoms with Gasteiger partial charge in [-0.15, -0.1) is 47.8 Å². The molecule has 0 amide bonds. The topological polar surface area (TPSA) is 6.48 Å². The molecular formula is C49H54N2S3. The highest BCUT2D eigenvalue weighted by Crippen LogP contribution is 2.44. The van der Waals surface area contributed by atoms with Crippen LogP contribution >= 0.6 is 34.7 Å². The average Bonchev–Trinajstić information content (AvgIpc) is 3.58. The minimum atomic E-state index is 0.258. The van der Waals surface area contributed by atoms with E-state index in [9.17, 15) is 0 Å². The van der Waals surface area contributed by atoms with Gasteiger partial charge in [0.25, 0.3) is 0 Å². The van der Waals surface area contributed by atoms with Crippen molar-refractivity contribution < 1.29 is 0 Å². The Morgan fingerprint density at radius 1 is 0.852 bits per heavy atom. The third kappa shape index (κ3) is 9.26. The molecule has 7 rings (SSSR count). The van der Waals surface area contributed by atoms with Crippen molar-refractivity contribution in [1.82, 2.24) is 4.90 Å². The quantitative estimate of drug-likeness (QED) is 0.0785. The van der Waals surface area contributed by atoms with E-state index in [1.807, 2.05) is 18.3 Å². The number of thiol groups is 2. The van der Waals surface area contributed by atoms with Crippen molar-refractivity contribution >= 4 is 73.5 Å². The Labute approximate surface area is 338 Å². The molecule has 5 heteroatoms. The van der Waals surface area contributed by atoms with Crippen LogP contribution in [0.2, 0.25) is 0 Å². The molecule has 1 heterocycles. The molecule has 2 aliphatic rings. The Kier molecular flexibility index (Phi) is 15.3. The maximum Gasteiger partial charge on any atom is 0.0516 e. The average molecular weight is 767 g/mol. The van der Waals surface area contributed by atoms with Crippen LogP contribution in [0, 0.1) is 0 Å². The van der Waals surface area contributed by atoms with Crippen LogP contribution in [0.15, 0.2) is 164 Å². The van der Waals surface area contributed by atoms with Crippen LogP contribution in [0.5, 0.6) is 0 Å². The van der Waals surface area contributed by atoms with Gasteiger partial charge in [0, 0.05) is 32.3 Å². The van der Waals surface area contributed by atoms with Crippen molar-refractivity contribution in [2.24, 2.45) is 0 Å². The molecule has 0 N–H and O–H groups in total. The molecule has 2 atom stereocenters. The molecular weight excluding hydrogens is 713 g/mol. The fourth-order valence-electron chi connectivity index (χ4n) is 7.75. The summed E-state index contributed by atoms with van der Waals surface area (Å²) in [6.45, 7) is 16.1. The van der Waals surface area contributed by atoms with Gasteiger partial charge in [0.15, 0.2) is 0 Å². The maximum atomic E-state index is 4.16. The first-order valence-electron chi connectivity index (χ1n) is 18.9. The summed E-state index contributed by atoms with van der Waals surface area (Å²) in [5, 5.41) is 1.38. The number of thiophene rings is 1. The molecule has 0 bridgehead atoms. The van der Waals surface area contributed by atoms with Crippen LogP contribution in [-0.2, 0) is 12.8 Å². The Morgan fingerprint density at radius 3 is 2.11 bits per heavy atom. The molecule has 0 radical (unpaired) electrons. The van der Waals surface area contributed by atoms with Gasteiger partial charge in [-0.25, -0.2) is 0 Å². The number of hydrogen-bond donors (Lipinski definition) is 2. The fraction of sp³-hybridized carbons (Fsp3) is 0.224. The zero-order chi connectivity index (χ0) is 38.5. The van der Waals surface area contributed by atoms with Crippen molar-refractivity contribution in [3.63, 3.8) is 0 Å². The SMILES string of the molecule is C=CC.C=CCC(/C=C\C)N(C1=Cc2sc3ccc(N(c4ccccc4)c4ccccc4)cc3c2CC1)C1C=C(C)C(c2ccccc2CC)=CC1.SS. The van der Waals surface area contributed by atoms with Gasteiger partial charge in [0.1, 0.15) is 0 Å². The van der Waals surface area contributed by atoms with Crippen molar-refractivity contribution in [3.05, 3.63) is 186 Å². The lowest BCUT2D eigenvalue weighted by Gasteiger charge is -2.41. The molecule has 1 aromatic heterocycles. The first-order valence-corrected chi connectivity index (χ1v) is 21.3. The summed E-state index contributed by atoms with van der Waals surface area (Å²) in [5.74, 6) is 0. The summed E-state index contributed by atoms with van der Waals surface area (Å²) < 4.78 is 1.35. The molecule has 0 fully saturated rings. The number of hydrogen-bond acceptors (Lipinski definition) is 5. The minimum Gasteiger partial charge on any atom is -0.361 e. The Morgan fingerprint density at radius 2 is 1.50 bits per heavy atom. The van der Waals surface area contributed by atoms with Crippen molar-refractivity contribution in [2.75, 3.05) is 4.90 Å². The predicted octanol–water partition coefficient (Wildman–Crippen LogP) is 14.8. The number of aryl methyl sites for hydroxylation is 2. The summed E-state index contributed by atoms with van der Waals surface area (Å²) in [6, 6.07) is 37.9. The second-order valence-electron chi connectivity index (χ2n) is 13.5. The van der Waals surface area contributed by atoms with E-state index in [2.05, 4.69) is 207 Å². The number of anilines is 3. The Balaban J connectivity index is 0.00000107. The largest absolute Gasteiger partial charge is 0.361 e. The zero-order valence-electron chi connectivity index (χ0n) is 32.2. The van der Waals surface area contributed by atoms with Gasteiger partial charge < -0.3 is 9.80 Å². The number of rotatable bonds is 11. The smallest absolute Gasteiger partial charge is 0.0516 e. The van der Waals surface area contributed by atoms with Gasteiger partial charge in [-0.1, -0.05) is 104 Å². The minimum absolute atomic E-state index is 0.258. The third-order valence-corrected chi connectivity index (χ3v) is 11.2. The van der Waals surface area contributed by atoms with Crippen molar-refractivity contribution in [2.45, 2.75) is 71.9 Å². The molecule has 5 aromatic rings. The lowest BCUT2D eigenvalue weighted by atomic mass is 9.86. The zero-order valence-corrected chi connectivity index (χ0v) is 34.8. The molecule has 2 unspecified atom stereocenters. The van der Waals surface area contributed by atoms with Crippen molar-refractivity contribution in [1.29, 1.82) is 0 Å². The summed E-state index contributed by atoms with van der Waals surface area (Å²) in [6.07, 6.45) is 20.9. The van der Waals surface area contributed by atoms with Crippen LogP contribution in [0.4, 0.5) is 17.1 Å². The van der Waals surface area contributed by atoms with E-state index < -0.39 is 0 Å². The third-order valence-electron chi connectivity index (χ3n) is 10.0. The van der Waals surface area contributed by atoms with Crippen LogP contribution in [0.1, 0.15) is 68.5 Å². The second kappa shape index (κ2) is 20.3. The Bertz CT molecular complexity index is 2080. The van der Waals surface area contributed by atoms with E-state index in [1.54, 1.807) is 6.08 Å². The van der Waals surface area contributed by atoms with E-state index in [0.29, 0.717) is 0 Å². The van der Waals surface area contributed by atoms with Gasteiger partial charge in [0.05, 0.1) is 12.1 Å². The summed E-state index contributed by atoms with van der Waals surface area (Å²) in [4.78, 5) is 6.46. The summed E-state index contributed by atoms with van der Waals surface area (Å²) >= 11 is 8.38. The highest BCUT2D eigenvalue weighted by molar-refractivity contribution is 8.59. The molecule has 0 saturated heterocycles. The van der Waals surface area contributed by atoms with E-state index in [-0.39, 0.29) is 12.1 Å². The lowest BCUT2D eigenvalue weighted by Crippen LogP contribution is -2.41. The monoisotopic (exact) mass is 766 g/mol. The summed E-state index contributed by atoms with van der Waals surface area (Å²) in [7, 11) is 0. The number of nitrogens with zero attached hydrogens (tertiary/aromatic N) is 2. The molecule has 278 valence electrons. The maximum absolute atomic E-state index is 4.16. The standard InChI is InChI=1S/C46H46N2S.C3H6.H2S2/c1-5-16-35(17-6-2)48(38-24-27-41(33(4)30-38)42-23-15-14-18-34(42)7-3)40-25-28-43-44-31-39(26-29-45(44)49-46(43)32-40)47(36-19-10-8-11-20-36)37-21-12-9-13-22-37;1-3-2;1-2/h5-6,8-15,17-23,26-27,29-32,35,38H,1,7,16,24-25,28H2,2-4H3;3H,1H2,2H3;1-2H/b17-6-;;. The molecule has 0 spiro atoms. The van der Waals surface area contributed by atoms with E-state index in [0.717, 1.165) is 32.1 Å².